The fourth-order valence-corrected chi connectivity index (χ4v) is 4.24. The fraction of sp³-hybridized carbons (Fsp3) is 0.333. The second-order valence-corrected chi connectivity index (χ2v) is 6.95. The van der Waals surface area contributed by atoms with Gasteiger partial charge in [0.1, 0.15) is 5.00 Å². The highest BCUT2D eigenvalue weighted by atomic mass is 32.1. The molecule has 142 valence electrons. The van der Waals surface area contributed by atoms with Crippen molar-refractivity contribution in [3.8, 4) is 5.75 Å². The number of hydrogen-bond donors (Lipinski definition) is 1. The van der Waals surface area contributed by atoms with E-state index in [1.807, 2.05) is 0 Å². The van der Waals surface area contributed by atoms with E-state index in [1.165, 1.54) is 29.5 Å². The van der Waals surface area contributed by atoms with Gasteiger partial charge in [0, 0.05) is 10.9 Å². The Morgan fingerprint density at radius 1 is 1.30 bits per heavy atom. The normalized spacial score (nSPS) is 12.3. The predicted octanol–water partition coefficient (Wildman–Crippen LogP) is 3.34. The summed E-state index contributed by atoms with van der Waals surface area (Å²) in [5.74, 6) is -0.942. The van der Waals surface area contributed by atoms with E-state index in [0.717, 1.165) is 29.7 Å². The number of ether oxygens (including phenoxy) is 2. The molecule has 2 aromatic rings. The number of nitro groups is 1. The minimum atomic E-state index is -0.573. The maximum atomic E-state index is 12.3. The van der Waals surface area contributed by atoms with Crippen molar-refractivity contribution in [3.63, 3.8) is 0 Å². The van der Waals surface area contributed by atoms with Gasteiger partial charge in [-0.05, 0) is 37.8 Å². The van der Waals surface area contributed by atoms with Crippen molar-refractivity contribution in [2.45, 2.75) is 26.2 Å². The Balaban J connectivity index is 1.72. The number of anilines is 1. The first-order chi connectivity index (χ1) is 13.0. The highest BCUT2D eigenvalue weighted by molar-refractivity contribution is 7.17. The molecule has 0 saturated carbocycles. The number of para-hydroxylation sites is 2. The molecule has 3 rings (SSSR count). The molecule has 8 nitrogen and oxygen atoms in total. The van der Waals surface area contributed by atoms with E-state index in [9.17, 15) is 19.7 Å². The van der Waals surface area contributed by atoms with Crippen LogP contribution in [0.4, 0.5) is 10.7 Å². The number of carbonyl (C=O) groups excluding carboxylic acids is 2. The van der Waals surface area contributed by atoms with Crippen molar-refractivity contribution in [3.05, 3.63) is 50.4 Å². The van der Waals surface area contributed by atoms with Gasteiger partial charge in [0.25, 0.3) is 5.91 Å². The lowest BCUT2D eigenvalue weighted by atomic mass is 10.1. The van der Waals surface area contributed by atoms with Gasteiger partial charge in [-0.3, -0.25) is 14.9 Å². The summed E-state index contributed by atoms with van der Waals surface area (Å²) < 4.78 is 10.4. The van der Waals surface area contributed by atoms with Crippen LogP contribution in [0.2, 0.25) is 0 Å². The molecule has 0 radical (unpaired) electrons. The number of hydrogen-bond acceptors (Lipinski definition) is 7. The molecule has 27 heavy (non-hydrogen) atoms. The molecule has 0 unspecified atom stereocenters. The van der Waals surface area contributed by atoms with Crippen LogP contribution >= 0.6 is 11.3 Å². The Morgan fingerprint density at radius 3 is 2.81 bits per heavy atom. The molecule has 1 aliphatic rings. The van der Waals surface area contributed by atoms with Gasteiger partial charge in [0.15, 0.2) is 12.4 Å². The topological polar surface area (TPSA) is 108 Å². The minimum Gasteiger partial charge on any atom is -0.477 e. The lowest BCUT2D eigenvalue weighted by Crippen LogP contribution is -2.21. The van der Waals surface area contributed by atoms with Crippen LogP contribution in [0.25, 0.3) is 0 Å². The smallest absolute Gasteiger partial charge is 0.341 e. The van der Waals surface area contributed by atoms with Gasteiger partial charge in [-0.1, -0.05) is 12.1 Å². The van der Waals surface area contributed by atoms with E-state index in [4.69, 9.17) is 9.47 Å². The van der Waals surface area contributed by atoms with Crippen LogP contribution in [0.1, 0.15) is 34.1 Å². The summed E-state index contributed by atoms with van der Waals surface area (Å²) in [6.07, 6.45) is 2.63. The lowest BCUT2D eigenvalue weighted by molar-refractivity contribution is -0.385. The number of thiophene rings is 1. The van der Waals surface area contributed by atoms with Crippen LogP contribution in [0.15, 0.2) is 24.3 Å². The van der Waals surface area contributed by atoms with E-state index in [-0.39, 0.29) is 18.0 Å². The molecule has 1 aliphatic carbocycles. The number of nitro benzene ring substituents is 1. The number of fused-ring (bicyclic) bond motifs is 1. The molecule has 0 fully saturated rings. The number of carbonyl (C=O) groups is 2. The minimum absolute atomic E-state index is 0.0111. The SMILES string of the molecule is CCOC(=O)c1c(NC(=O)COc2ccccc2[N+](=O)[O-])sc2c1CCC2. The molecular weight excluding hydrogens is 372 g/mol. The molecule has 0 spiro atoms. The second-order valence-electron chi connectivity index (χ2n) is 5.84. The maximum absolute atomic E-state index is 12.3. The van der Waals surface area contributed by atoms with E-state index in [2.05, 4.69) is 5.32 Å². The van der Waals surface area contributed by atoms with Crippen LogP contribution in [-0.2, 0) is 22.4 Å². The average Bonchev–Trinajstić information content (AvgIpc) is 3.20. The number of nitrogens with one attached hydrogen (secondary N) is 1. The second kappa shape index (κ2) is 8.17. The third-order valence-corrected chi connectivity index (χ3v) is 5.28. The molecule has 1 aromatic heterocycles. The standard InChI is InChI=1S/C18H18N2O6S/c1-2-25-18(22)16-11-6-5-9-14(11)27-17(16)19-15(21)10-26-13-8-4-3-7-12(13)20(23)24/h3-4,7-8H,2,5-6,9-10H2,1H3,(H,19,21). The molecule has 1 aromatic carbocycles. The summed E-state index contributed by atoms with van der Waals surface area (Å²) in [7, 11) is 0. The van der Waals surface area contributed by atoms with Crippen molar-refractivity contribution >= 4 is 33.9 Å². The highest BCUT2D eigenvalue weighted by Crippen LogP contribution is 2.39. The highest BCUT2D eigenvalue weighted by Gasteiger charge is 2.28. The summed E-state index contributed by atoms with van der Waals surface area (Å²) in [6, 6.07) is 5.83. The summed E-state index contributed by atoms with van der Waals surface area (Å²) >= 11 is 1.36. The summed E-state index contributed by atoms with van der Waals surface area (Å²) in [6.45, 7) is 1.57. The van der Waals surface area contributed by atoms with Crippen molar-refractivity contribution in [1.29, 1.82) is 0 Å². The first kappa shape index (κ1) is 18.8. The van der Waals surface area contributed by atoms with Crippen LogP contribution in [0.3, 0.4) is 0 Å². The maximum Gasteiger partial charge on any atom is 0.341 e. The molecular formula is C18H18N2O6S. The monoisotopic (exact) mass is 390 g/mol. The van der Waals surface area contributed by atoms with E-state index >= 15 is 0 Å². The summed E-state index contributed by atoms with van der Waals surface area (Å²) in [5.41, 5.74) is 1.13. The molecule has 1 heterocycles. The number of benzene rings is 1. The van der Waals surface area contributed by atoms with Gasteiger partial charge in [-0.15, -0.1) is 11.3 Å². The number of rotatable bonds is 7. The Bertz CT molecular complexity index is 892. The van der Waals surface area contributed by atoms with Crippen LogP contribution < -0.4 is 10.1 Å². The zero-order valence-corrected chi connectivity index (χ0v) is 15.5. The van der Waals surface area contributed by atoms with E-state index in [1.54, 1.807) is 13.0 Å². The Kier molecular flexibility index (Phi) is 5.70. The molecule has 0 bridgehead atoms. The molecule has 1 N–H and O–H groups in total. The van der Waals surface area contributed by atoms with E-state index < -0.39 is 23.4 Å². The van der Waals surface area contributed by atoms with Gasteiger partial charge in [0.05, 0.1) is 17.1 Å². The van der Waals surface area contributed by atoms with Gasteiger partial charge in [-0.2, -0.15) is 0 Å². The summed E-state index contributed by atoms with van der Waals surface area (Å²) in [4.78, 5) is 36.1. The molecule has 0 saturated heterocycles. The number of esters is 1. The van der Waals surface area contributed by atoms with Crippen molar-refractivity contribution in [2.24, 2.45) is 0 Å². The zero-order valence-electron chi connectivity index (χ0n) is 14.6. The predicted molar refractivity (Wildman–Crippen MR) is 99.5 cm³/mol. The largest absolute Gasteiger partial charge is 0.477 e. The van der Waals surface area contributed by atoms with Crippen molar-refractivity contribution in [1.82, 2.24) is 0 Å². The first-order valence-electron chi connectivity index (χ1n) is 8.49. The molecule has 0 aliphatic heterocycles. The Hall–Kier alpha value is -2.94. The van der Waals surface area contributed by atoms with Crippen LogP contribution in [-0.4, -0.2) is 30.0 Å². The molecule has 9 heteroatoms. The van der Waals surface area contributed by atoms with Crippen molar-refractivity contribution in [2.75, 3.05) is 18.5 Å². The third kappa shape index (κ3) is 4.08. The molecule has 0 atom stereocenters. The third-order valence-electron chi connectivity index (χ3n) is 4.07. The summed E-state index contributed by atoms with van der Waals surface area (Å²) in [5, 5.41) is 14.1. The number of aryl methyl sites for hydroxylation is 1. The van der Waals surface area contributed by atoms with Gasteiger partial charge in [-0.25, -0.2) is 4.79 Å². The van der Waals surface area contributed by atoms with Crippen LogP contribution in [0, 0.1) is 10.1 Å². The Labute approximate surface area is 159 Å². The molecule has 1 amide bonds. The van der Waals surface area contributed by atoms with E-state index in [0.29, 0.717) is 10.6 Å². The van der Waals surface area contributed by atoms with Gasteiger partial charge in [0.2, 0.25) is 0 Å². The van der Waals surface area contributed by atoms with Crippen molar-refractivity contribution < 1.29 is 24.0 Å². The zero-order chi connectivity index (χ0) is 19.4. The fourth-order valence-electron chi connectivity index (χ4n) is 2.95. The average molecular weight is 390 g/mol. The van der Waals surface area contributed by atoms with Crippen LogP contribution in [0.5, 0.6) is 5.75 Å². The lowest BCUT2D eigenvalue weighted by Gasteiger charge is -2.09. The number of nitrogens with zero attached hydrogens (tertiary/aromatic N) is 1. The van der Waals surface area contributed by atoms with Gasteiger partial charge >= 0.3 is 11.7 Å². The first-order valence-corrected chi connectivity index (χ1v) is 9.30. The Morgan fingerprint density at radius 2 is 2.07 bits per heavy atom. The number of amides is 1. The quantitative estimate of drug-likeness (QED) is 0.441. The van der Waals surface area contributed by atoms with Gasteiger partial charge < -0.3 is 14.8 Å².